The number of carbonyl (C=O) groups is 1. The Balaban J connectivity index is 1.54. The molecule has 1 saturated carbocycles. The molecule has 2 N–H and O–H groups in total. The van der Waals surface area contributed by atoms with E-state index < -0.39 is 5.97 Å². The van der Waals surface area contributed by atoms with Crippen LogP contribution >= 0.6 is 0 Å². The first-order chi connectivity index (χ1) is 10.5. The molecule has 1 saturated heterocycles. The molecule has 1 heterocycles. The van der Waals surface area contributed by atoms with Gasteiger partial charge in [-0.1, -0.05) is 23.8 Å². The van der Waals surface area contributed by atoms with Gasteiger partial charge < -0.3 is 15.2 Å². The lowest BCUT2D eigenvalue weighted by molar-refractivity contribution is -0.181. The molecular formula is C18H25NO3. The van der Waals surface area contributed by atoms with E-state index in [1.54, 1.807) is 0 Å². The maximum Gasteiger partial charge on any atom is 0.306 e. The molecule has 1 aliphatic heterocycles. The first-order valence-corrected chi connectivity index (χ1v) is 8.14. The fraction of sp³-hybridized carbons (Fsp3) is 0.611. The highest BCUT2D eigenvalue weighted by molar-refractivity contribution is 5.71. The predicted molar refractivity (Wildman–Crippen MR) is 84.8 cm³/mol. The van der Waals surface area contributed by atoms with Gasteiger partial charge in [0.1, 0.15) is 0 Å². The number of aryl methyl sites for hydroxylation is 2. The van der Waals surface area contributed by atoms with Crippen LogP contribution in [0, 0.1) is 19.8 Å². The van der Waals surface area contributed by atoms with Crippen LogP contribution < -0.4 is 5.32 Å². The lowest BCUT2D eigenvalue weighted by atomic mass is 9.66. The van der Waals surface area contributed by atoms with Gasteiger partial charge in [-0.25, -0.2) is 0 Å². The van der Waals surface area contributed by atoms with E-state index in [-0.39, 0.29) is 11.5 Å². The molecule has 2 aliphatic rings. The van der Waals surface area contributed by atoms with Crippen molar-refractivity contribution in [2.75, 3.05) is 6.61 Å². The molecule has 3 rings (SSSR count). The molecule has 0 radical (unpaired) electrons. The highest BCUT2D eigenvalue weighted by Crippen LogP contribution is 2.46. The molecule has 22 heavy (non-hydrogen) atoms. The smallest absolute Gasteiger partial charge is 0.306 e. The number of nitrogens with one attached hydrogen (secondary N) is 1. The van der Waals surface area contributed by atoms with E-state index in [0.29, 0.717) is 18.9 Å². The summed E-state index contributed by atoms with van der Waals surface area (Å²) < 4.78 is 5.90. The molecule has 1 unspecified atom stereocenters. The number of carboxylic acids is 1. The van der Waals surface area contributed by atoms with Gasteiger partial charge in [0.15, 0.2) is 0 Å². The van der Waals surface area contributed by atoms with Gasteiger partial charge in [0.2, 0.25) is 0 Å². The van der Waals surface area contributed by atoms with Crippen LogP contribution in [0.3, 0.4) is 0 Å². The van der Waals surface area contributed by atoms with Crippen molar-refractivity contribution in [3.05, 3.63) is 34.9 Å². The minimum absolute atomic E-state index is 0.179. The minimum Gasteiger partial charge on any atom is -0.481 e. The van der Waals surface area contributed by atoms with Crippen LogP contribution in [0.1, 0.15) is 42.4 Å². The molecule has 0 aromatic heterocycles. The summed E-state index contributed by atoms with van der Waals surface area (Å²) in [4.78, 5) is 11.0. The average Bonchev–Trinajstić information content (AvgIpc) is 2.44. The number of rotatable bonds is 4. The Morgan fingerprint density at radius 3 is 2.82 bits per heavy atom. The van der Waals surface area contributed by atoms with Crippen molar-refractivity contribution in [3.8, 4) is 0 Å². The third kappa shape index (κ3) is 3.18. The van der Waals surface area contributed by atoms with Gasteiger partial charge in [-0.15, -0.1) is 0 Å². The van der Waals surface area contributed by atoms with Crippen molar-refractivity contribution in [2.45, 2.75) is 57.7 Å². The van der Waals surface area contributed by atoms with Crippen LogP contribution in [0.5, 0.6) is 0 Å². The van der Waals surface area contributed by atoms with Crippen molar-refractivity contribution in [2.24, 2.45) is 5.92 Å². The Morgan fingerprint density at radius 1 is 1.36 bits per heavy atom. The number of benzene rings is 1. The molecule has 1 spiro atoms. The fourth-order valence-corrected chi connectivity index (χ4v) is 3.80. The van der Waals surface area contributed by atoms with Gasteiger partial charge in [0.05, 0.1) is 11.5 Å². The van der Waals surface area contributed by atoms with Crippen molar-refractivity contribution >= 4 is 5.97 Å². The minimum atomic E-state index is -0.681. The summed E-state index contributed by atoms with van der Waals surface area (Å²) >= 11 is 0. The number of hydrogen-bond donors (Lipinski definition) is 2. The number of carboxylic acid groups (broad SMARTS) is 1. The molecule has 1 aromatic rings. The van der Waals surface area contributed by atoms with Crippen LogP contribution in [0.4, 0.5) is 0 Å². The normalized spacial score (nSPS) is 31.0. The fourth-order valence-electron chi connectivity index (χ4n) is 3.80. The van der Waals surface area contributed by atoms with Crippen LogP contribution in [-0.2, 0) is 16.1 Å². The number of hydrogen-bond acceptors (Lipinski definition) is 3. The van der Waals surface area contributed by atoms with E-state index in [2.05, 4.69) is 37.4 Å². The topological polar surface area (TPSA) is 58.6 Å². The Labute approximate surface area is 131 Å². The monoisotopic (exact) mass is 303 g/mol. The van der Waals surface area contributed by atoms with E-state index >= 15 is 0 Å². The van der Waals surface area contributed by atoms with Gasteiger partial charge in [-0.2, -0.15) is 0 Å². The largest absolute Gasteiger partial charge is 0.481 e. The summed E-state index contributed by atoms with van der Waals surface area (Å²) in [5.74, 6) is -0.891. The quantitative estimate of drug-likeness (QED) is 0.898. The highest BCUT2D eigenvalue weighted by Gasteiger charge is 2.50. The Morgan fingerprint density at radius 2 is 2.14 bits per heavy atom. The molecule has 4 heteroatoms. The zero-order valence-electron chi connectivity index (χ0n) is 13.4. The highest BCUT2D eigenvalue weighted by atomic mass is 16.5. The van der Waals surface area contributed by atoms with Crippen LogP contribution in [0.25, 0.3) is 0 Å². The van der Waals surface area contributed by atoms with Gasteiger partial charge in [-0.05, 0) is 50.7 Å². The number of ether oxygens (including phenoxy) is 1. The first kappa shape index (κ1) is 15.5. The summed E-state index contributed by atoms with van der Waals surface area (Å²) in [6, 6.07) is 6.98. The molecule has 1 aromatic carbocycles. The summed E-state index contributed by atoms with van der Waals surface area (Å²) in [6.45, 7) is 5.87. The summed E-state index contributed by atoms with van der Waals surface area (Å²) in [6.07, 6.45) is 3.28. The van der Waals surface area contributed by atoms with Crippen molar-refractivity contribution in [3.63, 3.8) is 0 Å². The Bertz CT molecular complexity index is 563. The zero-order valence-corrected chi connectivity index (χ0v) is 13.4. The van der Waals surface area contributed by atoms with Crippen LogP contribution in [0.2, 0.25) is 0 Å². The van der Waals surface area contributed by atoms with Crippen molar-refractivity contribution < 1.29 is 14.6 Å². The molecule has 0 amide bonds. The maximum atomic E-state index is 11.0. The molecular weight excluding hydrogens is 278 g/mol. The lowest BCUT2D eigenvalue weighted by Gasteiger charge is -2.50. The average molecular weight is 303 g/mol. The molecule has 1 atom stereocenters. The molecule has 2 fully saturated rings. The summed E-state index contributed by atoms with van der Waals surface area (Å²) in [5, 5.41) is 12.7. The second-order valence-corrected chi connectivity index (χ2v) is 6.98. The molecule has 0 bridgehead atoms. The van der Waals surface area contributed by atoms with E-state index in [9.17, 15) is 4.79 Å². The van der Waals surface area contributed by atoms with Gasteiger partial charge in [0, 0.05) is 19.2 Å². The zero-order chi connectivity index (χ0) is 15.7. The van der Waals surface area contributed by atoms with Crippen molar-refractivity contribution in [1.29, 1.82) is 0 Å². The first-order valence-electron chi connectivity index (χ1n) is 8.14. The van der Waals surface area contributed by atoms with E-state index in [1.807, 2.05) is 0 Å². The standard InChI is InChI=1S/C18H25NO3/c1-12-3-4-14(13(2)7-12)11-19-16-5-6-22-18(10-16)8-15(9-18)17(20)21/h3-4,7,15-16,19H,5-6,8-11H2,1-2H3,(H,20,21). The molecule has 1 aliphatic carbocycles. The Hall–Kier alpha value is -1.39. The molecule has 120 valence electrons. The van der Waals surface area contributed by atoms with E-state index in [0.717, 1.165) is 26.0 Å². The summed E-state index contributed by atoms with van der Waals surface area (Å²) in [7, 11) is 0. The third-order valence-electron chi connectivity index (χ3n) is 5.16. The van der Waals surface area contributed by atoms with Crippen LogP contribution in [-0.4, -0.2) is 29.3 Å². The predicted octanol–water partition coefficient (Wildman–Crippen LogP) is 2.81. The maximum absolute atomic E-state index is 11.0. The second kappa shape index (κ2) is 6.01. The van der Waals surface area contributed by atoms with E-state index in [4.69, 9.17) is 9.84 Å². The van der Waals surface area contributed by atoms with Gasteiger partial charge >= 0.3 is 5.97 Å². The van der Waals surface area contributed by atoms with E-state index in [1.165, 1.54) is 16.7 Å². The third-order valence-corrected chi connectivity index (χ3v) is 5.16. The van der Waals surface area contributed by atoms with Crippen molar-refractivity contribution in [1.82, 2.24) is 5.32 Å². The summed E-state index contributed by atoms with van der Waals surface area (Å²) in [5.41, 5.74) is 3.77. The second-order valence-electron chi connectivity index (χ2n) is 6.98. The SMILES string of the molecule is Cc1ccc(CNC2CCOC3(C2)CC(C(=O)O)C3)c(C)c1. The number of aliphatic carboxylic acids is 1. The van der Waals surface area contributed by atoms with Crippen LogP contribution in [0.15, 0.2) is 18.2 Å². The van der Waals surface area contributed by atoms with Gasteiger partial charge in [0.25, 0.3) is 0 Å². The Kier molecular flexibility index (Phi) is 4.24. The molecule has 4 nitrogen and oxygen atoms in total. The lowest BCUT2D eigenvalue weighted by Crippen LogP contribution is -2.55. The van der Waals surface area contributed by atoms with Gasteiger partial charge in [-0.3, -0.25) is 4.79 Å².